The van der Waals surface area contributed by atoms with Crippen LogP contribution in [0.1, 0.15) is 36.6 Å². The van der Waals surface area contributed by atoms with Crippen molar-refractivity contribution in [2.75, 3.05) is 13.2 Å². The molecule has 152 valence electrons. The van der Waals surface area contributed by atoms with Gasteiger partial charge in [0.25, 0.3) is 0 Å². The van der Waals surface area contributed by atoms with Crippen molar-refractivity contribution in [2.45, 2.75) is 44.7 Å². The lowest BCUT2D eigenvalue weighted by atomic mass is 9.85. The van der Waals surface area contributed by atoms with Crippen LogP contribution in [0, 0.1) is 5.92 Å². The van der Waals surface area contributed by atoms with Crippen LogP contribution >= 0.6 is 11.6 Å². The van der Waals surface area contributed by atoms with E-state index in [2.05, 4.69) is 0 Å². The third-order valence-electron chi connectivity index (χ3n) is 5.31. The van der Waals surface area contributed by atoms with E-state index in [-0.39, 0.29) is 12.5 Å². The van der Waals surface area contributed by atoms with Crippen molar-refractivity contribution in [1.82, 2.24) is 0 Å². The van der Waals surface area contributed by atoms with Crippen LogP contribution in [-0.4, -0.2) is 46.8 Å². The van der Waals surface area contributed by atoms with E-state index >= 15 is 0 Å². The third-order valence-corrected chi connectivity index (χ3v) is 5.68. The first-order chi connectivity index (χ1) is 13.4. The highest BCUT2D eigenvalue weighted by Gasteiger charge is 2.42. The lowest BCUT2D eigenvalue weighted by molar-refractivity contribution is -0.207. The van der Waals surface area contributed by atoms with Crippen LogP contribution in [0.5, 0.6) is 5.75 Å². The Morgan fingerprint density at radius 2 is 1.79 bits per heavy atom. The molecule has 0 bridgehead atoms. The number of rotatable bonds is 6. The molecule has 1 heterocycles. The normalized spacial score (nSPS) is 27.6. The largest absolute Gasteiger partial charge is 0.494 e. The summed E-state index contributed by atoms with van der Waals surface area (Å²) in [6.07, 6.45) is -2.68. The molecule has 2 aromatic rings. The monoisotopic (exact) mass is 406 g/mol. The Balaban J connectivity index is 1.82. The van der Waals surface area contributed by atoms with Crippen LogP contribution in [-0.2, 0) is 11.2 Å². The molecule has 3 N–H and O–H groups in total. The molecule has 0 amide bonds. The summed E-state index contributed by atoms with van der Waals surface area (Å²) in [6, 6.07) is 13.3. The minimum absolute atomic E-state index is 0.214. The number of halogens is 1. The number of hydrogen-bond acceptors (Lipinski definition) is 5. The van der Waals surface area contributed by atoms with E-state index in [1.165, 1.54) is 0 Å². The molecule has 5 nitrogen and oxygen atoms in total. The summed E-state index contributed by atoms with van der Waals surface area (Å²) in [5.74, 6) is 0.467. The third kappa shape index (κ3) is 4.50. The van der Waals surface area contributed by atoms with Gasteiger partial charge >= 0.3 is 0 Å². The van der Waals surface area contributed by atoms with Crippen molar-refractivity contribution >= 4 is 11.6 Å². The van der Waals surface area contributed by atoms with Crippen LogP contribution in [0.3, 0.4) is 0 Å². The van der Waals surface area contributed by atoms with E-state index < -0.39 is 24.4 Å². The Hall–Kier alpha value is -1.63. The Morgan fingerprint density at radius 3 is 2.43 bits per heavy atom. The number of aliphatic hydroxyl groups is 3. The predicted molar refractivity (Wildman–Crippen MR) is 108 cm³/mol. The Kier molecular flexibility index (Phi) is 6.96. The van der Waals surface area contributed by atoms with Gasteiger partial charge in [-0.05, 0) is 48.2 Å². The molecule has 6 heteroatoms. The van der Waals surface area contributed by atoms with Crippen molar-refractivity contribution in [3.63, 3.8) is 0 Å². The SMILES string of the molecule is CCOc1ccc(Cc2cc(C3OC(CO)C(C)C(O)C3O)ccc2Cl)cc1. The number of ether oxygens (including phenoxy) is 2. The molecule has 28 heavy (non-hydrogen) atoms. The quantitative estimate of drug-likeness (QED) is 0.687. The van der Waals surface area contributed by atoms with Crippen molar-refractivity contribution < 1.29 is 24.8 Å². The van der Waals surface area contributed by atoms with Gasteiger partial charge in [-0.15, -0.1) is 0 Å². The summed E-state index contributed by atoms with van der Waals surface area (Å²) in [7, 11) is 0. The van der Waals surface area contributed by atoms with Crippen LogP contribution in [0.4, 0.5) is 0 Å². The zero-order valence-electron chi connectivity index (χ0n) is 16.1. The Morgan fingerprint density at radius 1 is 1.07 bits per heavy atom. The highest BCUT2D eigenvalue weighted by Crippen LogP contribution is 2.36. The fraction of sp³-hybridized carbons (Fsp3) is 0.455. The van der Waals surface area contributed by atoms with E-state index in [1.54, 1.807) is 19.1 Å². The minimum atomic E-state index is -1.07. The average Bonchev–Trinajstić information content (AvgIpc) is 2.70. The molecule has 2 aromatic carbocycles. The molecule has 0 radical (unpaired) electrons. The fourth-order valence-electron chi connectivity index (χ4n) is 3.59. The Bertz CT molecular complexity index is 777. The summed E-state index contributed by atoms with van der Waals surface area (Å²) in [4.78, 5) is 0. The Labute approximate surface area is 170 Å². The molecule has 1 aliphatic heterocycles. The maximum Gasteiger partial charge on any atom is 0.119 e. The second-order valence-corrected chi connectivity index (χ2v) is 7.63. The zero-order chi connectivity index (χ0) is 20.3. The average molecular weight is 407 g/mol. The first-order valence-corrected chi connectivity index (χ1v) is 9.94. The van der Waals surface area contributed by atoms with Crippen LogP contribution in [0.2, 0.25) is 5.02 Å². The molecule has 1 aliphatic rings. The van der Waals surface area contributed by atoms with Crippen LogP contribution in [0.25, 0.3) is 0 Å². The second-order valence-electron chi connectivity index (χ2n) is 7.22. The first-order valence-electron chi connectivity index (χ1n) is 9.57. The molecule has 1 saturated heterocycles. The minimum Gasteiger partial charge on any atom is -0.494 e. The molecular weight excluding hydrogens is 380 g/mol. The van der Waals surface area contributed by atoms with Crippen LogP contribution < -0.4 is 4.74 Å². The molecule has 5 unspecified atom stereocenters. The molecular formula is C22H27ClO5. The van der Waals surface area contributed by atoms with Gasteiger partial charge in [-0.2, -0.15) is 0 Å². The summed E-state index contributed by atoms with van der Waals surface area (Å²) < 4.78 is 11.4. The number of aliphatic hydroxyl groups excluding tert-OH is 3. The molecule has 0 spiro atoms. The maximum atomic E-state index is 10.5. The fourth-order valence-corrected chi connectivity index (χ4v) is 3.77. The van der Waals surface area contributed by atoms with Gasteiger partial charge in [0.1, 0.15) is 18.0 Å². The molecule has 5 atom stereocenters. The van der Waals surface area contributed by atoms with E-state index in [0.29, 0.717) is 18.1 Å². The summed E-state index contributed by atoms with van der Waals surface area (Å²) >= 11 is 6.39. The number of benzene rings is 2. The highest BCUT2D eigenvalue weighted by atomic mass is 35.5. The summed E-state index contributed by atoms with van der Waals surface area (Å²) in [5.41, 5.74) is 2.70. The standard InChI is InChI=1S/C22H27ClO5/c1-3-27-17-7-4-14(5-8-17)10-16-11-15(6-9-18(16)23)22-21(26)20(25)13(2)19(12-24)28-22/h4-9,11,13,19-22,24-26H,3,10,12H2,1-2H3. The summed E-state index contributed by atoms with van der Waals surface area (Å²) in [5, 5.41) is 31.0. The van der Waals surface area contributed by atoms with E-state index in [0.717, 1.165) is 22.4 Å². The van der Waals surface area contributed by atoms with Gasteiger partial charge in [0, 0.05) is 10.9 Å². The zero-order valence-corrected chi connectivity index (χ0v) is 16.8. The molecule has 1 fully saturated rings. The summed E-state index contributed by atoms with van der Waals surface area (Å²) in [6.45, 7) is 4.11. The lowest BCUT2D eigenvalue weighted by Gasteiger charge is -2.41. The second kappa shape index (κ2) is 9.25. The van der Waals surface area contributed by atoms with Gasteiger partial charge in [-0.25, -0.2) is 0 Å². The maximum absolute atomic E-state index is 10.5. The van der Waals surface area contributed by atoms with Crippen LogP contribution in [0.15, 0.2) is 42.5 Å². The van der Waals surface area contributed by atoms with Crippen molar-refractivity contribution in [3.8, 4) is 5.75 Å². The first kappa shape index (κ1) is 21.1. The highest BCUT2D eigenvalue weighted by molar-refractivity contribution is 6.31. The van der Waals surface area contributed by atoms with E-state index in [9.17, 15) is 15.3 Å². The van der Waals surface area contributed by atoms with Gasteiger partial charge in [-0.1, -0.05) is 42.8 Å². The van der Waals surface area contributed by atoms with Gasteiger partial charge in [0.2, 0.25) is 0 Å². The van der Waals surface area contributed by atoms with E-state index in [1.807, 2.05) is 37.3 Å². The predicted octanol–water partition coefficient (Wildman–Crippen LogP) is 3.12. The van der Waals surface area contributed by atoms with Crippen molar-refractivity contribution in [3.05, 3.63) is 64.2 Å². The molecule has 0 aliphatic carbocycles. The topological polar surface area (TPSA) is 79.2 Å². The molecule has 0 saturated carbocycles. The lowest BCUT2D eigenvalue weighted by Crippen LogP contribution is -2.50. The van der Waals surface area contributed by atoms with Gasteiger partial charge in [0.05, 0.1) is 25.4 Å². The van der Waals surface area contributed by atoms with Crippen molar-refractivity contribution in [2.24, 2.45) is 5.92 Å². The van der Waals surface area contributed by atoms with Crippen molar-refractivity contribution in [1.29, 1.82) is 0 Å². The van der Waals surface area contributed by atoms with Gasteiger partial charge < -0.3 is 24.8 Å². The van der Waals surface area contributed by atoms with Gasteiger partial charge in [-0.3, -0.25) is 0 Å². The molecule has 0 aromatic heterocycles. The number of hydrogen-bond donors (Lipinski definition) is 3. The van der Waals surface area contributed by atoms with Gasteiger partial charge in [0.15, 0.2) is 0 Å². The smallest absolute Gasteiger partial charge is 0.119 e. The van der Waals surface area contributed by atoms with E-state index in [4.69, 9.17) is 21.1 Å². The molecule has 3 rings (SSSR count).